The molecule has 0 spiro atoms. The lowest BCUT2D eigenvalue weighted by Gasteiger charge is -2.34. The Kier molecular flexibility index (Phi) is 4.30. The molecule has 0 aliphatic carbocycles. The fourth-order valence-corrected chi connectivity index (χ4v) is 3.63. The number of fused-ring (bicyclic) bond motifs is 1. The van der Waals surface area contributed by atoms with Crippen LogP contribution in [-0.4, -0.2) is 24.7 Å². The molecule has 0 bridgehead atoms. The van der Waals surface area contributed by atoms with Gasteiger partial charge in [-0.25, -0.2) is 0 Å². The summed E-state index contributed by atoms with van der Waals surface area (Å²) in [4.78, 5) is 2.28. The highest BCUT2D eigenvalue weighted by Gasteiger charge is 2.32. The second-order valence-electron chi connectivity index (χ2n) is 5.77. The summed E-state index contributed by atoms with van der Waals surface area (Å²) in [6, 6.07) is 8.47. The first-order chi connectivity index (χ1) is 11.7. The molecule has 124 valence electrons. The maximum atomic E-state index is 6.19. The van der Waals surface area contributed by atoms with Gasteiger partial charge in [-0.2, -0.15) is 0 Å². The third-order valence-corrected chi connectivity index (χ3v) is 5.26. The van der Waals surface area contributed by atoms with Crippen molar-refractivity contribution in [2.24, 2.45) is 0 Å². The molecule has 8 heteroatoms. The Hall–Kier alpha value is -1.83. The number of aryl methyl sites for hydroxylation is 1. The van der Waals surface area contributed by atoms with E-state index in [9.17, 15) is 0 Å². The first-order valence-electron chi connectivity index (χ1n) is 7.84. The molecule has 1 aromatic carbocycles. The van der Waals surface area contributed by atoms with Gasteiger partial charge >= 0.3 is 0 Å². The highest BCUT2D eigenvalue weighted by molar-refractivity contribution is 7.10. The van der Waals surface area contributed by atoms with Crippen molar-refractivity contribution >= 4 is 23.1 Å². The van der Waals surface area contributed by atoms with Crippen LogP contribution in [0.15, 0.2) is 28.7 Å². The van der Waals surface area contributed by atoms with E-state index in [1.807, 2.05) is 6.92 Å². The Balaban J connectivity index is 1.68. The minimum Gasteiger partial charge on any atom is -0.424 e. The Labute approximate surface area is 148 Å². The van der Waals surface area contributed by atoms with Gasteiger partial charge in [-0.05, 0) is 17.5 Å². The lowest BCUT2D eigenvalue weighted by Crippen LogP contribution is -2.34. The maximum absolute atomic E-state index is 6.19. The highest BCUT2D eigenvalue weighted by Crippen LogP contribution is 2.34. The first kappa shape index (κ1) is 15.7. The van der Waals surface area contributed by atoms with Gasteiger partial charge in [0.1, 0.15) is 10.0 Å². The van der Waals surface area contributed by atoms with Crippen molar-refractivity contribution in [2.75, 3.05) is 0 Å². The fraction of sp³-hybridized carbons (Fsp3) is 0.375. The summed E-state index contributed by atoms with van der Waals surface area (Å²) in [6.07, 6.45) is 1.56. The number of rotatable bonds is 4. The standard InChI is InChI=1S/C16H16ClN5OS/c1-2-14-19-20-16(23-14)13-7-10-5-3-4-6-11(10)8-22(13)9-12-15(17)24-21-18-12/h3-6,13H,2,7-9H2,1H3/t13-/m1/s1. The lowest BCUT2D eigenvalue weighted by atomic mass is 9.94. The van der Waals surface area contributed by atoms with Gasteiger partial charge in [0, 0.05) is 31.0 Å². The molecule has 2 aromatic heterocycles. The van der Waals surface area contributed by atoms with E-state index in [0.29, 0.717) is 22.7 Å². The van der Waals surface area contributed by atoms with E-state index in [1.165, 1.54) is 22.7 Å². The number of nitrogens with zero attached hydrogens (tertiary/aromatic N) is 5. The van der Waals surface area contributed by atoms with Crippen LogP contribution in [0.1, 0.15) is 41.6 Å². The Morgan fingerprint density at radius 3 is 2.79 bits per heavy atom. The van der Waals surface area contributed by atoms with E-state index < -0.39 is 0 Å². The monoisotopic (exact) mass is 361 g/mol. The van der Waals surface area contributed by atoms with Crippen LogP contribution in [0, 0.1) is 0 Å². The molecule has 4 rings (SSSR count). The van der Waals surface area contributed by atoms with E-state index >= 15 is 0 Å². The van der Waals surface area contributed by atoms with Crippen molar-refractivity contribution < 1.29 is 4.42 Å². The Morgan fingerprint density at radius 2 is 2.08 bits per heavy atom. The summed E-state index contributed by atoms with van der Waals surface area (Å²) in [5.74, 6) is 1.32. The molecule has 3 heterocycles. The van der Waals surface area contributed by atoms with E-state index in [0.717, 1.165) is 25.1 Å². The van der Waals surface area contributed by atoms with Crippen molar-refractivity contribution in [1.82, 2.24) is 24.7 Å². The van der Waals surface area contributed by atoms with Crippen LogP contribution in [0.25, 0.3) is 0 Å². The van der Waals surface area contributed by atoms with Gasteiger partial charge in [0.05, 0.1) is 6.04 Å². The predicted molar refractivity (Wildman–Crippen MR) is 90.7 cm³/mol. The van der Waals surface area contributed by atoms with Gasteiger partial charge in [0.25, 0.3) is 0 Å². The van der Waals surface area contributed by atoms with Crippen molar-refractivity contribution in [2.45, 2.75) is 38.9 Å². The van der Waals surface area contributed by atoms with Crippen LogP contribution in [0.3, 0.4) is 0 Å². The molecule has 24 heavy (non-hydrogen) atoms. The summed E-state index contributed by atoms with van der Waals surface area (Å²) in [6.45, 7) is 3.41. The van der Waals surface area contributed by atoms with Crippen LogP contribution in [0.2, 0.25) is 4.34 Å². The summed E-state index contributed by atoms with van der Waals surface area (Å²) >= 11 is 7.40. The molecule has 0 amide bonds. The van der Waals surface area contributed by atoms with Gasteiger partial charge in [-0.1, -0.05) is 47.3 Å². The lowest BCUT2D eigenvalue weighted by molar-refractivity contribution is 0.135. The van der Waals surface area contributed by atoms with Crippen LogP contribution >= 0.6 is 23.1 Å². The highest BCUT2D eigenvalue weighted by atomic mass is 35.5. The van der Waals surface area contributed by atoms with Gasteiger partial charge < -0.3 is 4.42 Å². The Bertz CT molecular complexity index is 848. The summed E-state index contributed by atoms with van der Waals surface area (Å²) in [5.41, 5.74) is 3.42. The van der Waals surface area contributed by atoms with Crippen molar-refractivity contribution in [1.29, 1.82) is 0 Å². The molecule has 1 aliphatic rings. The van der Waals surface area contributed by atoms with Crippen LogP contribution in [-0.2, 0) is 25.9 Å². The zero-order valence-corrected chi connectivity index (χ0v) is 14.7. The number of hydrogen-bond acceptors (Lipinski definition) is 7. The van der Waals surface area contributed by atoms with Crippen molar-refractivity contribution in [3.05, 3.63) is 57.2 Å². The molecule has 0 saturated carbocycles. The minimum absolute atomic E-state index is 0.0190. The zero-order valence-electron chi connectivity index (χ0n) is 13.1. The molecule has 6 nitrogen and oxygen atoms in total. The van der Waals surface area contributed by atoms with Gasteiger partial charge in [0.2, 0.25) is 11.8 Å². The summed E-state index contributed by atoms with van der Waals surface area (Å²) in [5, 5.41) is 12.5. The smallest absolute Gasteiger partial charge is 0.233 e. The van der Waals surface area contributed by atoms with Gasteiger partial charge in [-0.3, -0.25) is 4.90 Å². The Morgan fingerprint density at radius 1 is 1.25 bits per heavy atom. The van der Waals surface area contributed by atoms with Crippen LogP contribution < -0.4 is 0 Å². The summed E-state index contributed by atoms with van der Waals surface area (Å²) < 4.78 is 10.4. The molecule has 1 atom stereocenters. The maximum Gasteiger partial charge on any atom is 0.233 e. The topological polar surface area (TPSA) is 67.9 Å². The van der Waals surface area contributed by atoms with Crippen molar-refractivity contribution in [3.63, 3.8) is 0 Å². The molecule has 0 saturated heterocycles. The second kappa shape index (κ2) is 6.58. The molecule has 0 fully saturated rings. The quantitative estimate of drug-likeness (QED) is 0.709. The van der Waals surface area contributed by atoms with Crippen molar-refractivity contribution in [3.8, 4) is 0 Å². The van der Waals surface area contributed by atoms with Crippen LogP contribution in [0.4, 0.5) is 0 Å². The normalized spacial score (nSPS) is 17.8. The number of hydrogen-bond donors (Lipinski definition) is 0. The number of halogens is 1. The summed E-state index contributed by atoms with van der Waals surface area (Å²) in [7, 11) is 0. The van der Waals surface area contributed by atoms with Crippen LogP contribution in [0.5, 0.6) is 0 Å². The SMILES string of the molecule is CCc1nnc([C@H]2Cc3ccccc3CN2Cc2nnsc2Cl)o1. The number of benzene rings is 1. The first-order valence-corrected chi connectivity index (χ1v) is 8.99. The molecule has 3 aromatic rings. The third-order valence-electron chi connectivity index (χ3n) is 4.28. The second-order valence-corrected chi connectivity index (χ2v) is 7.13. The number of aromatic nitrogens is 4. The predicted octanol–water partition coefficient (Wildman–Crippen LogP) is 3.44. The minimum atomic E-state index is 0.0190. The molecule has 1 aliphatic heterocycles. The molecule has 0 unspecified atom stereocenters. The van der Waals surface area contributed by atoms with E-state index in [-0.39, 0.29) is 6.04 Å². The fourth-order valence-electron chi connectivity index (χ4n) is 3.01. The molecule has 0 radical (unpaired) electrons. The van der Waals surface area contributed by atoms with Gasteiger partial charge in [-0.15, -0.1) is 15.3 Å². The molecular weight excluding hydrogens is 346 g/mol. The average Bonchev–Trinajstić information content (AvgIpc) is 3.24. The largest absolute Gasteiger partial charge is 0.424 e. The molecular formula is C16H16ClN5OS. The molecule has 0 N–H and O–H groups in total. The van der Waals surface area contributed by atoms with E-state index in [1.54, 1.807) is 0 Å². The third kappa shape index (κ3) is 2.94. The zero-order chi connectivity index (χ0) is 16.5. The van der Waals surface area contributed by atoms with E-state index in [4.69, 9.17) is 16.0 Å². The average molecular weight is 362 g/mol. The van der Waals surface area contributed by atoms with Gasteiger partial charge in [0.15, 0.2) is 0 Å². The van der Waals surface area contributed by atoms with E-state index in [2.05, 4.69) is 48.9 Å².